The van der Waals surface area contributed by atoms with Gasteiger partial charge in [-0.05, 0) is 52.2 Å². The summed E-state index contributed by atoms with van der Waals surface area (Å²) in [5.41, 5.74) is 7.76. The number of carbonyl (C=O) groups is 1. The van der Waals surface area contributed by atoms with Gasteiger partial charge in [0.1, 0.15) is 5.82 Å². The first-order valence-electron chi connectivity index (χ1n) is 9.90. The van der Waals surface area contributed by atoms with E-state index in [1.54, 1.807) is 0 Å². The number of hydrogen-bond acceptors (Lipinski definition) is 3. The molecule has 1 aliphatic rings. The normalized spacial score (nSPS) is 19.8. The van der Waals surface area contributed by atoms with Crippen molar-refractivity contribution in [1.82, 2.24) is 14.5 Å². The van der Waals surface area contributed by atoms with Crippen LogP contribution in [0.1, 0.15) is 71.2 Å². The molecule has 27 heavy (non-hydrogen) atoms. The predicted molar refractivity (Wildman–Crippen MR) is 113 cm³/mol. The van der Waals surface area contributed by atoms with Crippen LogP contribution in [0, 0.1) is 0 Å². The maximum atomic E-state index is 13.0. The Hall–Kier alpha value is -1.59. The number of hydrogen-bond donors (Lipinski definition) is 1. The van der Waals surface area contributed by atoms with E-state index in [9.17, 15) is 4.79 Å². The van der Waals surface area contributed by atoms with E-state index >= 15 is 0 Å². The highest BCUT2D eigenvalue weighted by Gasteiger charge is 2.36. The molecule has 2 unspecified atom stereocenters. The second-order valence-corrected chi connectivity index (χ2v) is 8.18. The first kappa shape index (κ1) is 21.7. The molecule has 1 saturated heterocycles. The zero-order valence-corrected chi connectivity index (χ0v) is 17.8. The molecule has 1 aromatic heterocycles. The Balaban J connectivity index is 0.00000261. The van der Waals surface area contributed by atoms with Gasteiger partial charge in [-0.2, -0.15) is 0 Å². The fourth-order valence-electron chi connectivity index (χ4n) is 4.25. The summed E-state index contributed by atoms with van der Waals surface area (Å²) in [4.78, 5) is 19.9. The summed E-state index contributed by atoms with van der Waals surface area (Å²) in [6.45, 7) is 9.84. The van der Waals surface area contributed by atoms with E-state index in [2.05, 4.69) is 43.5 Å². The summed E-state index contributed by atoms with van der Waals surface area (Å²) >= 11 is 0. The third-order valence-electron chi connectivity index (χ3n) is 5.47. The Kier molecular flexibility index (Phi) is 6.92. The van der Waals surface area contributed by atoms with Gasteiger partial charge < -0.3 is 15.2 Å². The number of piperidine rings is 1. The minimum atomic E-state index is -0.769. The van der Waals surface area contributed by atoms with Crippen molar-refractivity contribution in [2.24, 2.45) is 5.73 Å². The van der Waals surface area contributed by atoms with Gasteiger partial charge in [-0.3, -0.25) is 4.79 Å². The number of benzene rings is 1. The van der Waals surface area contributed by atoms with Crippen LogP contribution < -0.4 is 5.73 Å². The lowest BCUT2D eigenvalue weighted by molar-refractivity contribution is -0.138. The molecule has 0 saturated carbocycles. The van der Waals surface area contributed by atoms with Crippen molar-refractivity contribution < 1.29 is 4.79 Å². The highest BCUT2D eigenvalue weighted by molar-refractivity contribution is 5.86. The Morgan fingerprint density at radius 2 is 2.07 bits per heavy atom. The van der Waals surface area contributed by atoms with Crippen LogP contribution in [-0.4, -0.2) is 39.0 Å². The van der Waals surface area contributed by atoms with Crippen LogP contribution in [0.5, 0.6) is 0 Å². The molecule has 2 aromatic rings. The van der Waals surface area contributed by atoms with Gasteiger partial charge in [0.25, 0.3) is 0 Å². The molecule has 6 heteroatoms. The van der Waals surface area contributed by atoms with Gasteiger partial charge in [-0.15, -0.1) is 12.4 Å². The lowest BCUT2D eigenvalue weighted by Crippen LogP contribution is -2.55. The number of nitrogens with zero attached hydrogens (tertiary/aromatic N) is 3. The highest BCUT2D eigenvalue weighted by atomic mass is 35.5. The van der Waals surface area contributed by atoms with Crippen molar-refractivity contribution in [3.8, 4) is 0 Å². The minimum absolute atomic E-state index is 0. The third kappa shape index (κ3) is 4.30. The van der Waals surface area contributed by atoms with Gasteiger partial charge in [0, 0.05) is 25.0 Å². The maximum Gasteiger partial charge on any atom is 0.242 e. The molecule has 2 N–H and O–H groups in total. The Morgan fingerprint density at radius 1 is 1.37 bits per heavy atom. The van der Waals surface area contributed by atoms with Crippen molar-refractivity contribution in [1.29, 1.82) is 0 Å². The van der Waals surface area contributed by atoms with Gasteiger partial charge >= 0.3 is 0 Å². The average Bonchev–Trinajstić information content (AvgIpc) is 3.01. The van der Waals surface area contributed by atoms with Crippen LogP contribution >= 0.6 is 12.4 Å². The number of amides is 1. The number of imidazole rings is 1. The highest BCUT2D eigenvalue weighted by Crippen LogP contribution is 2.32. The second-order valence-electron chi connectivity index (χ2n) is 8.18. The Bertz CT molecular complexity index is 784. The van der Waals surface area contributed by atoms with Crippen LogP contribution in [-0.2, 0) is 4.79 Å². The molecule has 0 aliphatic carbocycles. The van der Waals surface area contributed by atoms with Crippen LogP contribution in [0.25, 0.3) is 11.0 Å². The van der Waals surface area contributed by atoms with Crippen molar-refractivity contribution in [2.75, 3.05) is 13.1 Å². The average molecular weight is 393 g/mol. The van der Waals surface area contributed by atoms with Crippen LogP contribution in [0.15, 0.2) is 24.3 Å². The van der Waals surface area contributed by atoms with Crippen molar-refractivity contribution >= 4 is 29.3 Å². The van der Waals surface area contributed by atoms with Crippen molar-refractivity contribution in [2.45, 2.75) is 70.9 Å². The third-order valence-corrected chi connectivity index (χ3v) is 5.47. The zero-order chi connectivity index (χ0) is 18.9. The molecule has 3 rings (SSSR count). The van der Waals surface area contributed by atoms with Gasteiger partial charge in [-0.1, -0.05) is 25.5 Å². The maximum absolute atomic E-state index is 13.0. The molecule has 0 spiro atoms. The summed E-state index contributed by atoms with van der Waals surface area (Å²) in [5, 5.41) is 0. The molecule has 1 aromatic carbocycles. The van der Waals surface area contributed by atoms with Crippen LogP contribution in [0.4, 0.5) is 0 Å². The smallest absolute Gasteiger partial charge is 0.242 e. The number of aromatic nitrogens is 2. The number of rotatable bonds is 5. The number of carbonyl (C=O) groups excluding carboxylic acids is 1. The van der Waals surface area contributed by atoms with E-state index in [-0.39, 0.29) is 24.2 Å². The molecule has 0 radical (unpaired) electrons. The zero-order valence-electron chi connectivity index (χ0n) is 16.9. The molecule has 150 valence electrons. The largest absolute Gasteiger partial charge is 0.340 e. The number of fused-ring (bicyclic) bond motifs is 1. The lowest BCUT2D eigenvalue weighted by atomic mass is 9.91. The summed E-state index contributed by atoms with van der Waals surface area (Å²) < 4.78 is 2.33. The topological polar surface area (TPSA) is 64.2 Å². The summed E-state index contributed by atoms with van der Waals surface area (Å²) in [5.74, 6) is 1.45. The lowest BCUT2D eigenvalue weighted by Gasteiger charge is -2.37. The van der Waals surface area contributed by atoms with E-state index in [4.69, 9.17) is 10.7 Å². The standard InChI is InChI=1S/C21H32N4O.ClH/c1-5-12-21(4,22)20(26)24-13-8-9-16(14-24)19-23-17-10-6-7-11-18(17)25(19)15(2)3;/h6-7,10-11,15-16H,5,8-9,12-14,22H2,1-4H3;1H. The first-order chi connectivity index (χ1) is 12.3. The van der Waals surface area contributed by atoms with E-state index in [1.165, 1.54) is 5.52 Å². The summed E-state index contributed by atoms with van der Waals surface area (Å²) in [7, 11) is 0. The molecule has 5 nitrogen and oxygen atoms in total. The number of halogens is 1. The molecule has 2 atom stereocenters. The van der Waals surface area contributed by atoms with Gasteiger partial charge in [-0.25, -0.2) is 4.98 Å². The number of likely N-dealkylation sites (tertiary alicyclic amines) is 1. The van der Waals surface area contributed by atoms with Crippen molar-refractivity contribution in [3.05, 3.63) is 30.1 Å². The van der Waals surface area contributed by atoms with Gasteiger partial charge in [0.05, 0.1) is 16.6 Å². The molecule has 2 heterocycles. The molecule has 1 amide bonds. The Labute approximate surface area is 168 Å². The predicted octanol–water partition coefficient (Wildman–Crippen LogP) is 4.26. The Morgan fingerprint density at radius 3 is 2.74 bits per heavy atom. The number of para-hydroxylation sites is 2. The van der Waals surface area contributed by atoms with Gasteiger partial charge in [0.15, 0.2) is 0 Å². The quantitative estimate of drug-likeness (QED) is 0.826. The fourth-order valence-corrected chi connectivity index (χ4v) is 4.25. The second kappa shape index (κ2) is 8.61. The van der Waals surface area contributed by atoms with E-state index in [0.29, 0.717) is 12.6 Å². The summed E-state index contributed by atoms with van der Waals surface area (Å²) in [6.07, 6.45) is 3.70. The minimum Gasteiger partial charge on any atom is -0.340 e. The van der Waals surface area contributed by atoms with E-state index < -0.39 is 5.54 Å². The molecular weight excluding hydrogens is 360 g/mol. The molecular formula is C21H33ClN4O. The summed E-state index contributed by atoms with van der Waals surface area (Å²) in [6, 6.07) is 8.64. The molecule has 1 aliphatic heterocycles. The van der Waals surface area contributed by atoms with Gasteiger partial charge in [0.2, 0.25) is 5.91 Å². The molecule has 0 bridgehead atoms. The fraction of sp³-hybridized carbons (Fsp3) is 0.619. The first-order valence-corrected chi connectivity index (χ1v) is 9.90. The van der Waals surface area contributed by atoms with E-state index in [0.717, 1.165) is 43.6 Å². The van der Waals surface area contributed by atoms with E-state index in [1.807, 2.05) is 17.9 Å². The van der Waals surface area contributed by atoms with Crippen LogP contribution in [0.2, 0.25) is 0 Å². The van der Waals surface area contributed by atoms with Crippen LogP contribution in [0.3, 0.4) is 0 Å². The number of nitrogens with two attached hydrogens (primary N) is 1. The molecule has 1 fully saturated rings. The monoisotopic (exact) mass is 392 g/mol. The SMILES string of the molecule is CCCC(C)(N)C(=O)N1CCCC(c2nc3ccccc3n2C(C)C)C1.Cl. The van der Waals surface area contributed by atoms with Crippen molar-refractivity contribution in [3.63, 3.8) is 0 Å².